The molecule has 4 nitrogen and oxygen atoms in total. The Morgan fingerprint density at radius 1 is 1.59 bits per heavy atom. The van der Waals surface area contributed by atoms with Crippen molar-refractivity contribution in [3.63, 3.8) is 0 Å². The Bertz CT molecular complexity index is 407. The van der Waals surface area contributed by atoms with Crippen LogP contribution in [0.4, 0.5) is 4.39 Å². The van der Waals surface area contributed by atoms with Crippen LogP contribution in [0.5, 0.6) is 5.75 Å². The molecule has 5 heteroatoms. The number of ether oxygens (including phenoxy) is 1. The molecule has 2 unspecified atom stereocenters. The number of nitrogens with two attached hydrogens (primary N) is 1. The standard InChI is InChI=1S/C12H16FNO3/c1-3-10(12(15)16)17-11-5-4-8(13)6-9(11)7(2)14/h4-7,10H,3,14H2,1-2H3,(H,15,16). The van der Waals surface area contributed by atoms with Gasteiger partial charge in [0.1, 0.15) is 11.6 Å². The molecule has 0 radical (unpaired) electrons. The Hall–Kier alpha value is -1.62. The molecular formula is C12H16FNO3. The predicted octanol–water partition coefficient (Wildman–Crippen LogP) is 2.09. The molecule has 0 aliphatic heterocycles. The zero-order valence-corrected chi connectivity index (χ0v) is 9.81. The molecule has 3 N–H and O–H groups in total. The fraction of sp³-hybridized carbons (Fsp3) is 0.417. The number of rotatable bonds is 5. The first-order valence-corrected chi connectivity index (χ1v) is 5.40. The largest absolute Gasteiger partial charge is 0.479 e. The van der Waals surface area contributed by atoms with E-state index in [-0.39, 0.29) is 0 Å². The molecule has 1 aromatic carbocycles. The van der Waals surface area contributed by atoms with Gasteiger partial charge in [0.25, 0.3) is 0 Å². The van der Waals surface area contributed by atoms with Gasteiger partial charge >= 0.3 is 5.97 Å². The molecule has 0 aromatic heterocycles. The maximum absolute atomic E-state index is 13.1. The van der Waals surface area contributed by atoms with Crippen LogP contribution in [0.2, 0.25) is 0 Å². The average Bonchev–Trinajstić information content (AvgIpc) is 2.26. The van der Waals surface area contributed by atoms with Gasteiger partial charge in [0.2, 0.25) is 0 Å². The van der Waals surface area contributed by atoms with E-state index in [4.69, 9.17) is 15.6 Å². The molecule has 0 amide bonds. The van der Waals surface area contributed by atoms with Crippen LogP contribution in [0.3, 0.4) is 0 Å². The lowest BCUT2D eigenvalue weighted by Crippen LogP contribution is -2.26. The van der Waals surface area contributed by atoms with Gasteiger partial charge in [0, 0.05) is 11.6 Å². The summed E-state index contributed by atoms with van der Waals surface area (Å²) in [6, 6.07) is 3.45. The third-order valence-corrected chi connectivity index (χ3v) is 2.38. The van der Waals surface area contributed by atoms with Crippen LogP contribution in [0.1, 0.15) is 31.9 Å². The van der Waals surface area contributed by atoms with Crippen molar-refractivity contribution in [2.75, 3.05) is 0 Å². The van der Waals surface area contributed by atoms with E-state index in [0.717, 1.165) is 0 Å². The number of carboxylic acid groups (broad SMARTS) is 1. The fourth-order valence-electron chi connectivity index (χ4n) is 1.44. The van der Waals surface area contributed by atoms with Crippen LogP contribution >= 0.6 is 0 Å². The van der Waals surface area contributed by atoms with Gasteiger partial charge in [-0.3, -0.25) is 0 Å². The summed E-state index contributed by atoms with van der Waals surface area (Å²) in [5.41, 5.74) is 6.15. The lowest BCUT2D eigenvalue weighted by atomic mass is 10.1. The molecule has 17 heavy (non-hydrogen) atoms. The number of carbonyl (C=O) groups is 1. The summed E-state index contributed by atoms with van der Waals surface area (Å²) < 4.78 is 18.4. The van der Waals surface area contributed by atoms with E-state index < -0.39 is 23.9 Å². The SMILES string of the molecule is CCC(Oc1ccc(F)cc1C(C)N)C(=O)O. The Labute approximate surface area is 99.2 Å². The van der Waals surface area contributed by atoms with E-state index in [0.29, 0.717) is 17.7 Å². The third-order valence-electron chi connectivity index (χ3n) is 2.38. The number of hydrogen-bond donors (Lipinski definition) is 2. The maximum atomic E-state index is 13.1. The van der Waals surface area contributed by atoms with Gasteiger partial charge in [-0.25, -0.2) is 9.18 Å². The van der Waals surface area contributed by atoms with Crippen molar-refractivity contribution in [2.45, 2.75) is 32.4 Å². The zero-order valence-electron chi connectivity index (χ0n) is 9.81. The second-order valence-electron chi connectivity index (χ2n) is 3.82. The minimum absolute atomic E-state index is 0.315. The topological polar surface area (TPSA) is 72.5 Å². The molecule has 0 saturated heterocycles. The predicted molar refractivity (Wildman–Crippen MR) is 61.3 cm³/mol. The number of benzene rings is 1. The highest BCUT2D eigenvalue weighted by Crippen LogP contribution is 2.26. The molecule has 0 bridgehead atoms. The van der Waals surface area contributed by atoms with Crippen molar-refractivity contribution in [1.29, 1.82) is 0 Å². The fourth-order valence-corrected chi connectivity index (χ4v) is 1.44. The minimum atomic E-state index is -1.05. The number of aliphatic carboxylic acids is 1. The third kappa shape index (κ3) is 3.42. The summed E-state index contributed by atoms with van der Waals surface area (Å²) in [6.45, 7) is 3.39. The van der Waals surface area contributed by atoms with Gasteiger partial charge in [0.05, 0.1) is 0 Å². The number of hydrogen-bond acceptors (Lipinski definition) is 3. The van der Waals surface area contributed by atoms with Crippen molar-refractivity contribution >= 4 is 5.97 Å². The quantitative estimate of drug-likeness (QED) is 0.827. The monoisotopic (exact) mass is 241 g/mol. The Morgan fingerprint density at radius 3 is 2.71 bits per heavy atom. The highest BCUT2D eigenvalue weighted by atomic mass is 19.1. The van der Waals surface area contributed by atoms with E-state index in [1.54, 1.807) is 13.8 Å². The Kier molecular flexibility index (Phi) is 4.45. The van der Waals surface area contributed by atoms with E-state index in [2.05, 4.69) is 0 Å². The molecule has 0 saturated carbocycles. The molecule has 0 aliphatic rings. The lowest BCUT2D eigenvalue weighted by Gasteiger charge is -2.18. The van der Waals surface area contributed by atoms with Gasteiger partial charge < -0.3 is 15.6 Å². The number of halogens is 1. The van der Waals surface area contributed by atoms with Gasteiger partial charge in [0.15, 0.2) is 6.10 Å². The van der Waals surface area contributed by atoms with Crippen LogP contribution in [-0.4, -0.2) is 17.2 Å². The molecule has 2 atom stereocenters. The van der Waals surface area contributed by atoms with Crippen molar-refractivity contribution < 1.29 is 19.0 Å². The Balaban J connectivity index is 3.01. The summed E-state index contributed by atoms with van der Waals surface area (Å²) in [6.07, 6.45) is -0.622. The van der Waals surface area contributed by atoms with Crippen molar-refractivity contribution in [1.82, 2.24) is 0 Å². The normalized spacial score (nSPS) is 14.1. The van der Waals surface area contributed by atoms with Crippen molar-refractivity contribution in [2.24, 2.45) is 5.73 Å². The van der Waals surface area contributed by atoms with E-state index in [1.165, 1.54) is 18.2 Å². The van der Waals surface area contributed by atoms with Crippen LogP contribution in [0.15, 0.2) is 18.2 Å². The van der Waals surface area contributed by atoms with Gasteiger partial charge in [-0.05, 0) is 31.5 Å². The van der Waals surface area contributed by atoms with Gasteiger partial charge in [-0.2, -0.15) is 0 Å². The summed E-state index contributed by atoms with van der Waals surface area (Å²) in [7, 11) is 0. The van der Waals surface area contributed by atoms with Gasteiger partial charge in [-0.15, -0.1) is 0 Å². The van der Waals surface area contributed by atoms with Crippen molar-refractivity contribution in [3.8, 4) is 5.75 Å². The van der Waals surface area contributed by atoms with E-state index in [1.807, 2.05) is 0 Å². The Morgan fingerprint density at radius 2 is 2.24 bits per heavy atom. The molecular weight excluding hydrogens is 225 g/mol. The van der Waals surface area contributed by atoms with E-state index in [9.17, 15) is 9.18 Å². The number of carboxylic acids is 1. The lowest BCUT2D eigenvalue weighted by molar-refractivity contribution is -0.145. The average molecular weight is 241 g/mol. The second-order valence-corrected chi connectivity index (χ2v) is 3.82. The summed E-state index contributed by atoms with van der Waals surface area (Å²) in [5, 5.41) is 8.89. The molecule has 1 rings (SSSR count). The summed E-state index contributed by atoms with van der Waals surface area (Å²) in [4.78, 5) is 10.9. The minimum Gasteiger partial charge on any atom is -0.479 e. The molecule has 0 aliphatic carbocycles. The van der Waals surface area contributed by atoms with Crippen molar-refractivity contribution in [3.05, 3.63) is 29.6 Å². The first-order valence-electron chi connectivity index (χ1n) is 5.40. The molecule has 0 spiro atoms. The summed E-state index contributed by atoms with van der Waals surface area (Å²) in [5.74, 6) is -1.16. The first-order chi connectivity index (χ1) is 7.95. The molecule has 94 valence electrons. The molecule has 0 fully saturated rings. The van der Waals surface area contributed by atoms with Gasteiger partial charge in [-0.1, -0.05) is 6.92 Å². The smallest absolute Gasteiger partial charge is 0.344 e. The highest BCUT2D eigenvalue weighted by Gasteiger charge is 2.19. The van der Waals surface area contributed by atoms with Crippen LogP contribution in [0, 0.1) is 5.82 Å². The molecule has 0 heterocycles. The first kappa shape index (κ1) is 13.4. The van der Waals surface area contributed by atoms with Crippen LogP contribution in [0.25, 0.3) is 0 Å². The maximum Gasteiger partial charge on any atom is 0.344 e. The van der Waals surface area contributed by atoms with E-state index >= 15 is 0 Å². The summed E-state index contributed by atoms with van der Waals surface area (Å²) >= 11 is 0. The molecule has 1 aromatic rings. The highest BCUT2D eigenvalue weighted by molar-refractivity contribution is 5.72. The second kappa shape index (κ2) is 5.63. The van der Waals surface area contributed by atoms with Crippen LogP contribution < -0.4 is 10.5 Å². The zero-order chi connectivity index (χ0) is 13.0. The van der Waals surface area contributed by atoms with Crippen LogP contribution in [-0.2, 0) is 4.79 Å².